The highest BCUT2D eigenvalue weighted by Gasteiger charge is 2.29. The third-order valence-electron chi connectivity index (χ3n) is 5.95. The number of nitriles is 1. The maximum absolute atomic E-state index is 12.8. The van der Waals surface area contributed by atoms with Crippen LogP contribution in [-0.4, -0.2) is 51.8 Å². The van der Waals surface area contributed by atoms with E-state index in [4.69, 9.17) is 10.00 Å². The van der Waals surface area contributed by atoms with E-state index in [9.17, 15) is 13.2 Å². The zero-order valence-electron chi connectivity index (χ0n) is 19.4. The molecule has 1 saturated heterocycles. The van der Waals surface area contributed by atoms with Gasteiger partial charge in [-0.1, -0.05) is 25.2 Å². The number of ether oxygens (including phenoxy) is 1. The van der Waals surface area contributed by atoms with E-state index in [1.807, 2.05) is 6.08 Å². The number of fused-ring (bicyclic) bond motifs is 1. The van der Waals surface area contributed by atoms with Crippen molar-refractivity contribution in [1.29, 1.82) is 5.26 Å². The smallest absolute Gasteiger partial charge is 0.393 e. The summed E-state index contributed by atoms with van der Waals surface area (Å²) in [5.41, 5.74) is 1.76. The monoisotopic (exact) mass is 501 g/mol. The molecule has 1 fully saturated rings. The van der Waals surface area contributed by atoms with Crippen LogP contribution < -0.4 is 15.3 Å². The number of nitrogens with one attached hydrogen (secondary N) is 1. The number of H-pyrrole nitrogens is 1. The Hall–Kier alpha value is -3.16. The quantitative estimate of drug-likeness (QED) is 0.528. The van der Waals surface area contributed by atoms with E-state index >= 15 is 0 Å². The molecule has 1 N–H and O–H groups in total. The average Bonchev–Trinajstić information content (AvgIpc) is 3.39. The summed E-state index contributed by atoms with van der Waals surface area (Å²) in [5.74, 6) is 0.355. The Kier molecular flexibility index (Phi) is 7.57. The van der Waals surface area contributed by atoms with Crippen LogP contribution in [0.15, 0.2) is 30.1 Å². The van der Waals surface area contributed by atoms with Gasteiger partial charge in [0.05, 0.1) is 11.8 Å². The molecule has 0 amide bonds. The van der Waals surface area contributed by atoms with E-state index in [0.717, 1.165) is 60.8 Å². The molecule has 0 unspecified atom stereocenters. The molecule has 10 heteroatoms. The number of allylic oxidation sites excluding steroid dienone is 1. The summed E-state index contributed by atoms with van der Waals surface area (Å²) in [6.45, 7) is 8.61. The van der Waals surface area contributed by atoms with Gasteiger partial charge in [-0.3, -0.25) is 4.90 Å². The molecular formula is C25H26F3N5OS. The molecule has 0 spiro atoms. The lowest BCUT2D eigenvalue weighted by atomic mass is 10.1. The van der Waals surface area contributed by atoms with E-state index in [1.54, 1.807) is 6.07 Å². The summed E-state index contributed by atoms with van der Waals surface area (Å²) in [4.78, 5) is 14.4. The summed E-state index contributed by atoms with van der Waals surface area (Å²) in [7, 11) is 0. The molecule has 184 valence electrons. The van der Waals surface area contributed by atoms with Crippen LogP contribution in [0, 0.1) is 11.3 Å². The second-order valence-corrected chi connectivity index (χ2v) is 9.69. The topological polar surface area (TPSA) is 77.8 Å². The summed E-state index contributed by atoms with van der Waals surface area (Å²) in [6.07, 6.45) is 2.61. The molecule has 3 aromatic heterocycles. The Morgan fingerprint density at radius 1 is 1.34 bits per heavy atom. The predicted molar refractivity (Wildman–Crippen MR) is 130 cm³/mol. The fourth-order valence-electron chi connectivity index (χ4n) is 4.10. The molecule has 35 heavy (non-hydrogen) atoms. The number of likely N-dealkylation sites (tertiary alicyclic amines) is 1. The molecule has 0 bridgehead atoms. The predicted octanol–water partition coefficient (Wildman–Crippen LogP) is 4.07. The Labute approximate surface area is 205 Å². The third kappa shape index (κ3) is 6.50. The van der Waals surface area contributed by atoms with E-state index in [0.29, 0.717) is 21.8 Å². The average molecular weight is 502 g/mol. The van der Waals surface area contributed by atoms with Crippen LogP contribution in [0.3, 0.4) is 0 Å². The van der Waals surface area contributed by atoms with Gasteiger partial charge in [-0.05, 0) is 42.7 Å². The number of hydrogen-bond acceptors (Lipinski definition) is 6. The van der Waals surface area contributed by atoms with E-state index in [-0.39, 0.29) is 11.0 Å². The Morgan fingerprint density at radius 2 is 2.11 bits per heavy atom. The highest BCUT2D eigenvalue weighted by molar-refractivity contribution is 7.18. The van der Waals surface area contributed by atoms with Gasteiger partial charge in [0.15, 0.2) is 0 Å². The lowest BCUT2D eigenvalue weighted by Gasteiger charge is -2.32. The van der Waals surface area contributed by atoms with Gasteiger partial charge in [0.25, 0.3) is 0 Å². The van der Waals surface area contributed by atoms with Crippen molar-refractivity contribution >= 4 is 34.2 Å². The lowest BCUT2D eigenvalue weighted by molar-refractivity contribution is -0.126. The van der Waals surface area contributed by atoms with Gasteiger partial charge in [-0.2, -0.15) is 18.4 Å². The van der Waals surface area contributed by atoms with Crippen LogP contribution in [0.4, 0.5) is 13.2 Å². The first kappa shape index (κ1) is 24.9. The second kappa shape index (κ2) is 10.6. The number of halogens is 3. The number of thiophene rings is 1. The highest BCUT2D eigenvalue weighted by atomic mass is 32.1. The van der Waals surface area contributed by atoms with Gasteiger partial charge >= 0.3 is 6.18 Å². The van der Waals surface area contributed by atoms with E-state index in [2.05, 4.69) is 45.5 Å². The number of aromatic amines is 1. The number of aromatic nitrogens is 3. The molecule has 4 rings (SSSR count). The fourth-order valence-corrected chi connectivity index (χ4v) is 5.12. The Balaban J connectivity index is 1.36. The standard InChI is InChI=1S/C25H26F3N5OS/c1-3-17(4-5-22-16(2)10-18(13-29)32-22)14-33-8-6-19(7-9-33)34-23-21-11-20(12-25(26,27)28)35-24(21)31-15-30-23/h4-5,10-11,15,19,32H,2-3,6-9,12,14H2,1H3/b17-4+,22-5+. The van der Waals surface area contributed by atoms with Gasteiger partial charge in [-0.25, -0.2) is 9.97 Å². The minimum Gasteiger partial charge on any atom is -0.474 e. The van der Waals surface area contributed by atoms with Gasteiger partial charge < -0.3 is 9.72 Å². The molecular weight excluding hydrogens is 475 g/mol. The first-order chi connectivity index (χ1) is 16.7. The van der Waals surface area contributed by atoms with Crippen LogP contribution in [-0.2, 0) is 6.42 Å². The zero-order chi connectivity index (χ0) is 25.0. The van der Waals surface area contributed by atoms with Crippen molar-refractivity contribution in [3.63, 3.8) is 0 Å². The van der Waals surface area contributed by atoms with Crippen LogP contribution >= 0.6 is 11.3 Å². The maximum atomic E-state index is 12.8. The molecule has 1 aliphatic heterocycles. The second-order valence-electron chi connectivity index (χ2n) is 8.57. The van der Waals surface area contributed by atoms with Crippen molar-refractivity contribution in [3.8, 4) is 11.9 Å². The van der Waals surface area contributed by atoms with Crippen LogP contribution in [0.25, 0.3) is 22.9 Å². The van der Waals surface area contributed by atoms with Crippen molar-refractivity contribution in [2.45, 2.75) is 44.9 Å². The highest BCUT2D eigenvalue weighted by Crippen LogP contribution is 2.34. The first-order valence-corrected chi connectivity index (χ1v) is 12.2. The van der Waals surface area contributed by atoms with Gasteiger partial charge in [0.2, 0.25) is 5.88 Å². The van der Waals surface area contributed by atoms with Crippen LogP contribution in [0.1, 0.15) is 36.8 Å². The molecule has 0 atom stereocenters. The molecule has 0 saturated carbocycles. The van der Waals surface area contributed by atoms with Crippen molar-refractivity contribution < 1.29 is 17.9 Å². The molecule has 0 aliphatic carbocycles. The van der Waals surface area contributed by atoms with Crippen molar-refractivity contribution in [3.05, 3.63) is 51.2 Å². The zero-order valence-corrected chi connectivity index (χ0v) is 20.2. The summed E-state index contributed by atoms with van der Waals surface area (Å²) in [5, 5.41) is 11.2. The number of alkyl halides is 3. The number of rotatable bonds is 7. The van der Waals surface area contributed by atoms with Crippen molar-refractivity contribution in [2.24, 2.45) is 0 Å². The first-order valence-electron chi connectivity index (χ1n) is 11.4. The Morgan fingerprint density at radius 3 is 2.77 bits per heavy atom. The van der Waals surface area contributed by atoms with Gasteiger partial charge in [0.1, 0.15) is 29.0 Å². The number of nitrogens with zero attached hydrogens (tertiary/aromatic N) is 4. The minimum absolute atomic E-state index is 0.0482. The van der Waals surface area contributed by atoms with Crippen molar-refractivity contribution in [2.75, 3.05) is 19.6 Å². The SMILES string of the molecule is C=c1cc(C#N)[nH]/c1=C/C=C(\CC)CN1CCC(Oc2ncnc3sc(CC(F)(F)F)cc23)CC1. The number of piperidine rings is 1. The van der Waals surface area contributed by atoms with E-state index < -0.39 is 12.6 Å². The molecule has 6 nitrogen and oxygen atoms in total. The van der Waals surface area contributed by atoms with Crippen LogP contribution in [0.5, 0.6) is 5.88 Å². The summed E-state index contributed by atoms with van der Waals surface area (Å²) < 4.78 is 44.4. The van der Waals surface area contributed by atoms with Crippen molar-refractivity contribution in [1.82, 2.24) is 19.9 Å². The molecule has 3 aromatic rings. The molecule has 0 radical (unpaired) electrons. The van der Waals surface area contributed by atoms with Gasteiger partial charge in [0, 0.05) is 29.9 Å². The number of hydrogen-bond donors (Lipinski definition) is 1. The minimum atomic E-state index is -4.26. The third-order valence-corrected chi connectivity index (χ3v) is 7.00. The molecule has 0 aromatic carbocycles. The molecule has 1 aliphatic rings. The molecule has 4 heterocycles. The Bertz CT molecular complexity index is 1360. The normalized spacial score (nSPS) is 16.7. The fraction of sp³-hybridized carbons (Fsp3) is 0.400. The van der Waals surface area contributed by atoms with E-state index in [1.165, 1.54) is 18.0 Å². The summed E-state index contributed by atoms with van der Waals surface area (Å²) in [6, 6.07) is 5.31. The lowest BCUT2D eigenvalue weighted by Crippen LogP contribution is -2.39. The maximum Gasteiger partial charge on any atom is 0.393 e. The van der Waals surface area contributed by atoms with Crippen LogP contribution in [0.2, 0.25) is 0 Å². The van der Waals surface area contributed by atoms with Gasteiger partial charge in [-0.15, -0.1) is 11.3 Å². The summed E-state index contributed by atoms with van der Waals surface area (Å²) >= 11 is 1.03. The largest absolute Gasteiger partial charge is 0.474 e.